The summed E-state index contributed by atoms with van der Waals surface area (Å²) in [5, 5.41) is 0. The molecule has 0 fully saturated rings. The lowest BCUT2D eigenvalue weighted by atomic mass is 10.0. The molecule has 1 heteroatoms. The van der Waals surface area contributed by atoms with Crippen LogP contribution in [0, 0.1) is 0 Å². The molecule has 2 rings (SSSR count). The van der Waals surface area contributed by atoms with E-state index in [1.807, 2.05) is 6.08 Å². The number of hydrogen-bond donors (Lipinski definition) is 0. The van der Waals surface area contributed by atoms with Gasteiger partial charge in [0.2, 0.25) is 0 Å². The first kappa shape index (κ1) is 16.3. The lowest BCUT2D eigenvalue weighted by Gasteiger charge is -2.06. The van der Waals surface area contributed by atoms with Crippen molar-refractivity contribution in [3.05, 3.63) is 84.5 Å². The molecule has 0 heterocycles. The molecule has 114 valence electrons. The van der Waals surface area contributed by atoms with Gasteiger partial charge in [-0.3, -0.25) is 0 Å². The van der Waals surface area contributed by atoms with Gasteiger partial charge < -0.3 is 4.74 Å². The fraction of sp³-hybridized carbons (Fsp3) is 0.238. The third-order valence-corrected chi connectivity index (χ3v) is 3.51. The van der Waals surface area contributed by atoms with Gasteiger partial charge in [-0.2, -0.15) is 0 Å². The first-order chi connectivity index (χ1) is 10.8. The molecule has 0 amide bonds. The van der Waals surface area contributed by atoms with Crippen LogP contribution in [0.5, 0.6) is 0 Å². The Labute approximate surface area is 134 Å². The lowest BCUT2D eigenvalue weighted by molar-refractivity contribution is 0.148. The molecule has 0 bridgehead atoms. The Hall–Kier alpha value is -2.12. The van der Waals surface area contributed by atoms with E-state index in [4.69, 9.17) is 4.74 Å². The Morgan fingerprint density at radius 3 is 2.00 bits per heavy atom. The van der Waals surface area contributed by atoms with Gasteiger partial charge in [-0.1, -0.05) is 73.7 Å². The van der Waals surface area contributed by atoms with E-state index in [-0.39, 0.29) is 0 Å². The SMILES string of the molecule is C=CCc1ccc(-c2ccc(COC/C=C/CC)cc2)cc1. The van der Waals surface area contributed by atoms with E-state index in [9.17, 15) is 0 Å². The quantitative estimate of drug-likeness (QED) is 0.457. The van der Waals surface area contributed by atoms with Crippen LogP contribution < -0.4 is 0 Å². The average Bonchev–Trinajstić information content (AvgIpc) is 2.56. The molecular formula is C21H24O. The fourth-order valence-electron chi connectivity index (χ4n) is 2.27. The van der Waals surface area contributed by atoms with Crippen molar-refractivity contribution < 1.29 is 4.74 Å². The predicted molar refractivity (Wildman–Crippen MR) is 94.9 cm³/mol. The zero-order valence-corrected chi connectivity index (χ0v) is 13.3. The summed E-state index contributed by atoms with van der Waals surface area (Å²) in [5.74, 6) is 0. The highest BCUT2D eigenvalue weighted by atomic mass is 16.5. The minimum Gasteiger partial charge on any atom is -0.373 e. The first-order valence-corrected chi connectivity index (χ1v) is 7.85. The second kappa shape index (κ2) is 9.01. The normalized spacial score (nSPS) is 11.0. The van der Waals surface area contributed by atoms with Crippen molar-refractivity contribution in [3.8, 4) is 11.1 Å². The smallest absolute Gasteiger partial charge is 0.0721 e. The van der Waals surface area contributed by atoms with Gasteiger partial charge in [0.05, 0.1) is 13.2 Å². The second-order valence-corrected chi connectivity index (χ2v) is 5.28. The molecule has 22 heavy (non-hydrogen) atoms. The molecule has 0 radical (unpaired) electrons. The summed E-state index contributed by atoms with van der Waals surface area (Å²) in [6, 6.07) is 17.2. The van der Waals surface area contributed by atoms with Crippen LogP contribution in [0.4, 0.5) is 0 Å². The average molecular weight is 292 g/mol. The van der Waals surface area contributed by atoms with Gasteiger partial charge in [0, 0.05) is 0 Å². The first-order valence-electron chi connectivity index (χ1n) is 7.85. The van der Waals surface area contributed by atoms with Crippen molar-refractivity contribution in [1.29, 1.82) is 0 Å². The van der Waals surface area contributed by atoms with E-state index in [0.29, 0.717) is 13.2 Å². The Kier molecular flexibility index (Phi) is 6.66. The summed E-state index contributed by atoms with van der Waals surface area (Å²) in [6.07, 6.45) is 8.10. The zero-order valence-electron chi connectivity index (χ0n) is 13.3. The minimum atomic E-state index is 0.659. The van der Waals surface area contributed by atoms with Crippen LogP contribution in [-0.4, -0.2) is 6.61 Å². The third kappa shape index (κ3) is 5.01. The molecule has 0 aliphatic rings. The zero-order chi connectivity index (χ0) is 15.6. The Morgan fingerprint density at radius 2 is 1.45 bits per heavy atom. The van der Waals surface area contributed by atoms with E-state index in [0.717, 1.165) is 12.8 Å². The molecule has 2 aromatic carbocycles. The van der Waals surface area contributed by atoms with Gasteiger partial charge in [0.1, 0.15) is 0 Å². The Morgan fingerprint density at radius 1 is 0.864 bits per heavy atom. The molecule has 0 saturated carbocycles. The summed E-state index contributed by atoms with van der Waals surface area (Å²) >= 11 is 0. The summed E-state index contributed by atoms with van der Waals surface area (Å²) < 4.78 is 5.61. The second-order valence-electron chi connectivity index (χ2n) is 5.28. The van der Waals surface area contributed by atoms with Gasteiger partial charge in [0.25, 0.3) is 0 Å². The highest BCUT2D eigenvalue weighted by molar-refractivity contribution is 5.64. The highest BCUT2D eigenvalue weighted by Crippen LogP contribution is 2.21. The van der Waals surface area contributed by atoms with Crippen molar-refractivity contribution in [3.63, 3.8) is 0 Å². The molecule has 2 aromatic rings. The molecule has 0 unspecified atom stereocenters. The van der Waals surface area contributed by atoms with Gasteiger partial charge in [-0.05, 0) is 35.1 Å². The summed E-state index contributed by atoms with van der Waals surface area (Å²) in [5.41, 5.74) is 4.98. The molecule has 0 N–H and O–H groups in total. The van der Waals surface area contributed by atoms with E-state index < -0.39 is 0 Å². The molecule has 0 atom stereocenters. The standard InChI is InChI=1S/C21H24O/c1-3-5-6-16-22-17-19-10-14-21(15-11-19)20-12-8-18(7-4-2)9-13-20/h4-6,8-15H,2-3,7,16-17H2,1H3/b6-5+. The maximum atomic E-state index is 5.61. The maximum Gasteiger partial charge on any atom is 0.0721 e. The van der Waals surface area contributed by atoms with E-state index in [1.165, 1.54) is 22.3 Å². The van der Waals surface area contributed by atoms with E-state index in [2.05, 4.69) is 74.2 Å². The number of hydrogen-bond acceptors (Lipinski definition) is 1. The van der Waals surface area contributed by atoms with E-state index in [1.54, 1.807) is 0 Å². The van der Waals surface area contributed by atoms with Gasteiger partial charge in [-0.25, -0.2) is 0 Å². The van der Waals surface area contributed by atoms with Crippen molar-refractivity contribution in [2.45, 2.75) is 26.4 Å². The summed E-state index contributed by atoms with van der Waals surface area (Å²) in [6.45, 7) is 7.24. The fourth-order valence-corrected chi connectivity index (χ4v) is 2.27. The van der Waals surface area contributed by atoms with Crippen LogP contribution in [0.15, 0.2) is 73.3 Å². The minimum absolute atomic E-state index is 0.659. The maximum absolute atomic E-state index is 5.61. The number of rotatable bonds is 8. The molecule has 0 aliphatic heterocycles. The van der Waals surface area contributed by atoms with Crippen molar-refractivity contribution in [2.75, 3.05) is 6.61 Å². The van der Waals surface area contributed by atoms with Crippen molar-refractivity contribution in [1.82, 2.24) is 0 Å². The van der Waals surface area contributed by atoms with Crippen molar-refractivity contribution >= 4 is 0 Å². The molecular weight excluding hydrogens is 268 g/mol. The number of benzene rings is 2. The Balaban J connectivity index is 1.93. The van der Waals surface area contributed by atoms with Crippen LogP contribution in [-0.2, 0) is 17.8 Å². The van der Waals surface area contributed by atoms with Gasteiger partial charge in [0.15, 0.2) is 0 Å². The number of ether oxygens (including phenoxy) is 1. The van der Waals surface area contributed by atoms with Crippen LogP contribution in [0.3, 0.4) is 0 Å². The molecule has 0 spiro atoms. The molecule has 0 saturated heterocycles. The summed E-state index contributed by atoms with van der Waals surface area (Å²) in [7, 11) is 0. The third-order valence-electron chi connectivity index (χ3n) is 3.51. The highest BCUT2D eigenvalue weighted by Gasteiger charge is 1.99. The summed E-state index contributed by atoms with van der Waals surface area (Å²) in [4.78, 5) is 0. The van der Waals surface area contributed by atoms with Gasteiger partial charge >= 0.3 is 0 Å². The number of allylic oxidation sites excluding steroid dienone is 2. The lowest BCUT2D eigenvalue weighted by Crippen LogP contribution is -1.92. The largest absolute Gasteiger partial charge is 0.373 e. The Bertz CT molecular complexity index is 591. The van der Waals surface area contributed by atoms with Crippen LogP contribution in [0.25, 0.3) is 11.1 Å². The van der Waals surface area contributed by atoms with Gasteiger partial charge in [-0.15, -0.1) is 6.58 Å². The molecule has 1 nitrogen and oxygen atoms in total. The van der Waals surface area contributed by atoms with E-state index >= 15 is 0 Å². The topological polar surface area (TPSA) is 9.23 Å². The predicted octanol–water partition coefficient (Wildman–Crippen LogP) is 5.56. The van der Waals surface area contributed by atoms with Crippen LogP contribution in [0.2, 0.25) is 0 Å². The van der Waals surface area contributed by atoms with Crippen molar-refractivity contribution in [2.24, 2.45) is 0 Å². The molecule has 0 aliphatic carbocycles. The monoisotopic (exact) mass is 292 g/mol. The van der Waals surface area contributed by atoms with Crippen LogP contribution in [0.1, 0.15) is 24.5 Å². The molecule has 0 aromatic heterocycles. The van der Waals surface area contributed by atoms with Crippen LogP contribution >= 0.6 is 0 Å².